The highest BCUT2D eigenvalue weighted by molar-refractivity contribution is 7.89. The fourth-order valence-corrected chi connectivity index (χ4v) is 4.52. The standard InChI is InChI=1S/C11H18ClN3O2S/c1-8-11(10(7-12)14-13-8)18(16,17)15(2)9-5-3-4-6-9/h9H,3-7H2,1-2H3,(H,13,14). The molecule has 0 radical (unpaired) electrons. The Hall–Kier alpha value is -0.590. The van der Waals surface area contributed by atoms with Gasteiger partial charge >= 0.3 is 0 Å². The lowest BCUT2D eigenvalue weighted by molar-refractivity contribution is 0.372. The first-order valence-corrected chi connectivity index (χ1v) is 8.03. The van der Waals surface area contributed by atoms with E-state index in [0.29, 0.717) is 11.4 Å². The predicted molar refractivity (Wildman–Crippen MR) is 70.1 cm³/mol. The van der Waals surface area contributed by atoms with Crippen LogP contribution in [0.1, 0.15) is 37.1 Å². The van der Waals surface area contributed by atoms with Gasteiger partial charge in [-0.2, -0.15) is 9.40 Å². The molecule has 0 amide bonds. The number of halogens is 1. The molecule has 0 bridgehead atoms. The summed E-state index contributed by atoms with van der Waals surface area (Å²) in [6, 6.07) is 0.104. The molecule has 0 atom stereocenters. The van der Waals surface area contributed by atoms with Gasteiger partial charge in [0.05, 0.1) is 17.3 Å². The number of aryl methyl sites for hydroxylation is 1. The van der Waals surface area contributed by atoms with Crippen LogP contribution < -0.4 is 0 Å². The van der Waals surface area contributed by atoms with E-state index < -0.39 is 10.0 Å². The number of aromatic nitrogens is 2. The lowest BCUT2D eigenvalue weighted by Crippen LogP contribution is -2.35. The molecule has 102 valence electrons. The number of nitrogens with zero attached hydrogens (tertiary/aromatic N) is 2. The van der Waals surface area contributed by atoms with E-state index in [9.17, 15) is 8.42 Å². The van der Waals surface area contributed by atoms with E-state index in [4.69, 9.17) is 11.6 Å². The maximum absolute atomic E-state index is 12.6. The Morgan fingerprint density at radius 1 is 1.44 bits per heavy atom. The summed E-state index contributed by atoms with van der Waals surface area (Å²) in [5, 5.41) is 6.65. The summed E-state index contributed by atoms with van der Waals surface area (Å²) >= 11 is 5.75. The molecule has 1 fully saturated rings. The predicted octanol–water partition coefficient (Wildman–Crippen LogP) is 2.02. The molecule has 1 heterocycles. The van der Waals surface area contributed by atoms with E-state index in [-0.39, 0.29) is 16.8 Å². The van der Waals surface area contributed by atoms with Gasteiger partial charge in [-0.25, -0.2) is 8.42 Å². The average Bonchev–Trinajstić information content (AvgIpc) is 2.96. The maximum Gasteiger partial charge on any atom is 0.246 e. The summed E-state index contributed by atoms with van der Waals surface area (Å²) in [5.74, 6) is 0.0947. The molecule has 1 aromatic heterocycles. The van der Waals surface area contributed by atoms with Gasteiger partial charge in [-0.15, -0.1) is 11.6 Å². The third kappa shape index (κ3) is 2.29. The van der Waals surface area contributed by atoms with Crippen LogP contribution in [-0.2, 0) is 15.9 Å². The van der Waals surface area contributed by atoms with Crippen molar-refractivity contribution in [3.63, 3.8) is 0 Å². The fourth-order valence-electron chi connectivity index (χ4n) is 2.51. The Kier molecular flexibility index (Phi) is 3.99. The van der Waals surface area contributed by atoms with Gasteiger partial charge in [-0.1, -0.05) is 12.8 Å². The van der Waals surface area contributed by atoms with Gasteiger partial charge in [-0.05, 0) is 19.8 Å². The Balaban J connectivity index is 2.37. The van der Waals surface area contributed by atoms with Crippen LogP contribution in [0, 0.1) is 6.92 Å². The summed E-state index contributed by atoms with van der Waals surface area (Å²) in [6.07, 6.45) is 4.06. The summed E-state index contributed by atoms with van der Waals surface area (Å²) in [5.41, 5.74) is 0.953. The molecule has 1 N–H and O–H groups in total. The van der Waals surface area contributed by atoms with Gasteiger partial charge in [0.25, 0.3) is 0 Å². The van der Waals surface area contributed by atoms with Crippen molar-refractivity contribution in [2.45, 2.75) is 49.4 Å². The highest BCUT2D eigenvalue weighted by Gasteiger charge is 2.33. The first kappa shape index (κ1) is 13.8. The maximum atomic E-state index is 12.6. The Labute approximate surface area is 113 Å². The molecule has 1 aliphatic carbocycles. The van der Waals surface area contributed by atoms with Crippen molar-refractivity contribution in [3.8, 4) is 0 Å². The topological polar surface area (TPSA) is 66.1 Å². The molecule has 7 heteroatoms. The highest BCUT2D eigenvalue weighted by atomic mass is 35.5. The lowest BCUT2D eigenvalue weighted by atomic mass is 10.3. The second-order valence-electron chi connectivity index (χ2n) is 4.72. The number of alkyl halides is 1. The number of rotatable bonds is 4. The monoisotopic (exact) mass is 291 g/mol. The van der Waals surface area contributed by atoms with Crippen LogP contribution in [0.4, 0.5) is 0 Å². The van der Waals surface area contributed by atoms with Crippen molar-refractivity contribution in [3.05, 3.63) is 11.4 Å². The average molecular weight is 292 g/mol. The molecule has 0 spiro atoms. The number of aromatic amines is 1. The SMILES string of the molecule is Cc1[nH]nc(CCl)c1S(=O)(=O)N(C)C1CCCC1. The van der Waals surface area contributed by atoms with Gasteiger partial charge in [0, 0.05) is 13.1 Å². The molecule has 2 rings (SSSR count). The van der Waals surface area contributed by atoms with E-state index in [1.807, 2.05) is 0 Å². The van der Waals surface area contributed by atoms with Crippen LogP contribution in [0.3, 0.4) is 0 Å². The zero-order valence-electron chi connectivity index (χ0n) is 10.6. The van der Waals surface area contributed by atoms with Crippen LogP contribution in [0.2, 0.25) is 0 Å². The van der Waals surface area contributed by atoms with Crippen molar-refractivity contribution < 1.29 is 8.42 Å². The third-order valence-electron chi connectivity index (χ3n) is 3.56. The fraction of sp³-hybridized carbons (Fsp3) is 0.727. The largest absolute Gasteiger partial charge is 0.281 e. The third-order valence-corrected chi connectivity index (χ3v) is 5.93. The van der Waals surface area contributed by atoms with Gasteiger partial charge < -0.3 is 0 Å². The Morgan fingerprint density at radius 3 is 2.61 bits per heavy atom. The molecule has 1 aromatic rings. The smallest absolute Gasteiger partial charge is 0.246 e. The van der Waals surface area contributed by atoms with Gasteiger partial charge in [-0.3, -0.25) is 5.10 Å². The first-order chi connectivity index (χ1) is 8.48. The minimum absolute atomic E-state index is 0.0947. The summed E-state index contributed by atoms with van der Waals surface area (Å²) in [6.45, 7) is 1.71. The quantitative estimate of drug-likeness (QED) is 0.863. The number of hydrogen-bond donors (Lipinski definition) is 1. The van der Waals surface area contributed by atoms with Gasteiger partial charge in [0.2, 0.25) is 10.0 Å². The number of H-pyrrole nitrogens is 1. The lowest BCUT2D eigenvalue weighted by Gasteiger charge is -2.23. The first-order valence-electron chi connectivity index (χ1n) is 6.06. The van der Waals surface area contributed by atoms with E-state index in [0.717, 1.165) is 25.7 Å². The molecule has 5 nitrogen and oxygen atoms in total. The second-order valence-corrected chi connectivity index (χ2v) is 6.92. The number of nitrogens with one attached hydrogen (secondary N) is 1. The molecule has 0 saturated heterocycles. The van der Waals surface area contributed by atoms with Crippen LogP contribution in [0.15, 0.2) is 4.90 Å². The highest BCUT2D eigenvalue weighted by Crippen LogP contribution is 2.29. The minimum atomic E-state index is -3.50. The summed E-state index contributed by atoms with van der Waals surface area (Å²) in [4.78, 5) is 0.242. The molecule has 0 unspecified atom stereocenters. The van der Waals surface area contributed by atoms with Crippen molar-refractivity contribution >= 4 is 21.6 Å². The van der Waals surface area contributed by atoms with E-state index in [1.165, 1.54) is 4.31 Å². The molecule has 0 aliphatic heterocycles. The molecule has 18 heavy (non-hydrogen) atoms. The number of sulfonamides is 1. The Bertz CT molecular complexity index is 520. The van der Waals surface area contributed by atoms with E-state index in [2.05, 4.69) is 10.2 Å². The molecule has 0 aromatic carbocycles. The molecular formula is C11H18ClN3O2S. The van der Waals surface area contributed by atoms with Crippen LogP contribution in [-0.4, -0.2) is 36.0 Å². The van der Waals surface area contributed by atoms with Crippen molar-refractivity contribution in [1.29, 1.82) is 0 Å². The zero-order chi connectivity index (χ0) is 13.3. The normalized spacial score (nSPS) is 17.8. The van der Waals surface area contributed by atoms with E-state index in [1.54, 1.807) is 14.0 Å². The van der Waals surface area contributed by atoms with Gasteiger partial charge in [0.1, 0.15) is 4.90 Å². The van der Waals surface area contributed by atoms with Crippen molar-refractivity contribution in [2.75, 3.05) is 7.05 Å². The van der Waals surface area contributed by atoms with Crippen LogP contribution in [0.25, 0.3) is 0 Å². The van der Waals surface area contributed by atoms with Crippen LogP contribution >= 0.6 is 11.6 Å². The van der Waals surface area contributed by atoms with Gasteiger partial charge in [0.15, 0.2) is 0 Å². The number of hydrogen-bond acceptors (Lipinski definition) is 3. The molecule has 1 aliphatic rings. The zero-order valence-corrected chi connectivity index (χ0v) is 12.2. The van der Waals surface area contributed by atoms with E-state index >= 15 is 0 Å². The van der Waals surface area contributed by atoms with Crippen molar-refractivity contribution in [2.24, 2.45) is 0 Å². The van der Waals surface area contributed by atoms with Crippen LogP contribution in [0.5, 0.6) is 0 Å². The Morgan fingerprint density at radius 2 is 2.06 bits per heavy atom. The van der Waals surface area contributed by atoms with Crippen molar-refractivity contribution in [1.82, 2.24) is 14.5 Å². The summed E-state index contributed by atoms with van der Waals surface area (Å²) in [7, 11) is -1.85. The minimum Gasteiger partial charge on any atom is -0.281 e. The molecular weight excluding hydrogens is 274 g/mol. The molecule has 1 saturated carbocycles. The second kappa shape index (κ2) is 5.19. The summed E-state index contributed by atoms with van der Waals surface area (Å²) < 4.78 is 26.7.